The van der Waals surface area contributed by atoms with Crippen LogP contribution in [0.25, 0.3) is 0 Å². The van der Waals surface area contributed by atoms with Crippen molar-refractivity contribution in [2.75, 3.05) is 6.54 Å². The number of terminal acetylenes is 1. The van der Waals surface area contributed by atoms with Crippen LogP contribution < -0.4 is 5.32 Å². The Morgan fingerprint density at radius 1 is 1.50 bits per heavy atom. The Morgan fingerprint density at radius 2 is 2.08 bits per heavy atom. The standard InChI is InChI=1S/C10H19NO/c1-5-9(6-2)11-7-10(12)8(3)4/h1,8-12H,6-7H2,2-4H3. The van der Waals surface area contributed by atoms with E-state index in [2.05, 4.69) is 11.2 Å². The van der Waals surface area contributed by atoms with Crippen molar-refractivity contribution in [3.05, 3.63) is 0 Å². The zero-order chi connectivity index (χ0) is 9.56. The van der Waals surface area contributed by atoms with E-state index in [1.807, 2.05) is 20.8 Å². The Labute approximate surface area is 75.4 Å². The Balaban J connectivity index is 3.60. The molecule has 0 aromatic rings. The molecule has 0 bridgehead atoms. The van der Waals surface area contributed by atoms with E-state index in [0.717, 1.165) is 6.42 Å². The van der Waals surface area contributed by atoms with Crippen LogP contribution in [-0.4, -0.2) is 23.8 Å². The first-order chi connectivity index (χ1) is 5.61. The quantitative estimate of drug-likeness (QED) is 0.602. The highest BCUT2D eigenvalue weighted by Gasteiger charge is 2.10. The zero-order valence-electron chi connectivity index (χ0n) is 8.17. The molecular formula is C10H19NO. The van der Waals surface area contributed by atoms with Crippen LogP contribution >= 0.6 is 0 Å². The molecule has 0 saturated carbocycles. The van der Waals surface area contributed by atoms with E-state index in [4.69, 9.17) is 6.42 Å². The summed E-state index contributed by atoms with van der Waals surface area (Å²) in [7, 11) is 0. The molecule has 12 heavy (non-hydrogen) atoms. The fourth-order valence-electron chi connectivity index (χ4n) is 0.820. The van der Waals surface area contributed by atoms with Gasteiger partial charge < -0.3 is 10.4 Å². The van der Waals surface area contributed by atoms with Crippen molar-refractivity contribution in [3.8, 4) is 12.3 Å². The van der Waals surface area contributed by atoms with Gasteiger partial charge in [0.05, 0.1) is 12.1 Å². The number of hydrogen-bond acceptors (Lipinski definition) is 2. The molecule has 0 rings (SSSR count). The van der Waals surface area contributed by atoms with Crippen LogP contribution in [0, 0.1) is 18.3 Å². The van der Waals surface area contributed by atoms with E-state index >= 15 is 0 Å². The Kier molecular flexibility index (Phi) is 5.79. The van der Waals surface area contributed by atoms with Gasteiger partial charge in [0.15, 0.2) is 0 Å². The SMILES string of the molecule is C#CC(CC)NCC(O)C(C)C. The Bertz CT molecular complexity index is 148. The maximum atomic E-state index is 9.44. The van der Waals surface area contributed by atoms with Gasteiger partial charge in [-0.05, 0) is 12.3 Å². The third-order valence-electron chi connectivity index (χ3n) is 1.95. The van der Waals surface area contributed by atoms with Gasteiger partial charge in [-0.3, -0.25) is 0 Å². The summed E-state index contributed by atoms with van der Waals surface area (Å²) in [6, 6.07) is 0.0957. The summed E-state index contributed by atoms with van der Waals surface area (Å²) < 4.78 is 0. The summed E-state index contributed by atoms with van der Waals surface area (Å²) in [5.41, 5.74) is 0. The fraction of sp³-hybridized carbons (Fsp3) is 0.800. The largest absolute Gasteiger partial charge is 0.392 e. The highest BCUT2D eigenvalue weighted by atomic mass is 16.3. The maximum Gasteiger partial charge on any atom is 0.0687 e. The third-order valence-corrected chi connectivity index (χ3v) is 1.95. The second kappa shape index (κ2) is 6.05. The van der Waals surface area contributed by atoms with Crippen LogP contribution in [0.4, 0.5) is 0 Å². The van der Waals surface area contributed by atoms with E-state index < -0.39 is 0 Å². The second-order valence-corrected chi connectivity index (χ2v) is 3.35. The van der Waals surface area contributed by atoms with Gasteiger partial charge in [0.1, 0.15) is 0 Å². The molecule has 2 N–H and O–H groups in total. The van der Waals surface area contributed by atoms with E-state index in [1.165, 1.54) is 0 Å². The number of aliphatic hydroxyl groups excluding tert-OH is 1. The van der Waals surface area contributed by atoms with Crippen LogP contribution in [-0.2, 0) is 0 Å². The molecule has 0 spiro atoms. The van der Waals surface area contributed by atoms with E-state index in [-0.39, 0.29) is 18.1 Å². The van der Waals surface area contributed by atoms with Gasteiger partial charge in [-0.25, -0.2) is 0 Å². The molecular weight excluding hydrogens is 150 g/mol. The minimum Gasteiger partial charge on any atom is -0.392 e. The van der Waals surface area contributed by atoms with E-state index in [0.29, 0.717) is 6.54 Å². The topological polar surface area (TPSA) is 32.3 Å². The van der Waals surface area contributed by atoms with Gasteiger partial charge in [0.25, 0.3) is 0 Å². The number of hydrogen-bond donors (Lipinski definition) is 2. The zero-order valence-corrected chi connectivity index (χ0v) is 8.17. The molecule has 0 heterocycles. The van der Waals surface area contributed by atoms with Gasteiger partial charge in [-0.15, -0.1) is 6.42 Å². The Hall–Kier alpha value is -0.520. The van der Waals surface area contributed by atoms with Gasteiger partial charge in [0, 0.05) is 6.54 Å². The smallest absolute Gasteiger partial charge is 0.0687 e. The molecule has 0 saturated heterocycles. The van der Waals surface area contributed by atoms with Gasteiger partial charge in [-0.1, -0.05) is 26.7 Å². The lowest BCUT2D eigenvalue weighted by Gasteiger charge is -2.17. The predicted octanol–water partition coefficient (Wildman–Crippen LogP) is 1.00. The molecule has 70 valence electrons. The molecule has 0 aliphatic rings. The Morgan fingerprint density at radius 3 is 2.42 bits per heavy atom. The predicted molar refractivity (Wildman–Crippen MR) is 51.8 cm³/mol. The summed E-state index contributed by atoms with van der Waals surface area (Å²) in [5.74, 6) is 2.91. The highest BCUT2D eigenvalue weighted by molar-refractivity contribution is 4.98. The van der Waals surface area contributed by atoms with Gasteiger partial charge in [0.2, 0.25) is 0 Å². The van der Waals surface area contributed by atoms with Crippen LogP contribution in [0.15, 0.2) is 0 Å². The van der Waals surface area contributed by atoms with E-state index in [9.17, 15) is 5.11 Å². The average Bonchev–Trinajstić information content (AvgIpc) is 2.05. The molecule has 0 amide bonds. The molecule has 0 aromatic heterocycles. The highest BCUT2D eigenvalue weighted by Crippen LogP contribution is 1.99. The average molecular weight is 169 g/mol. The molecule has 0 fully saturated rings. The van der Waals surface area contributed by atoms with Crippen LogP contribution in [0.1, 0.15) is 27.2 Å². The van der Waals surface area contributed by atoms with Crippen molar-refractivity contribution in [1.29, 1.82) is 0 Å². The first kappa shape index (κ1) is 11.5. The summed E-state index contributed by atoms with van der Waals surface area (Å²) in [6.07, 6.45) is 5.86. The summed E-state index contributed by atoms with van der Waals surface area (Å²) >= 11 is 0. The molecule has 2 nitrogen and oxygen atoms in total. The normalized spacial score (nSPS) is 15.7. The van der Waals surface area contributed by atoms with Gasteiger partial charge in [-0.2, -0.15) is 0 Å². The minimum atomic E-state index is -0.299. The van der Waals surface area contributed by atoms with Crippen LogP contribution in [0.2, 0.25) is 0 Å². The molecule has 0 aliphatic heterocycles. The molecule has 2 heteroatoms. The lowest BCUT2D eigenvalue weighted by molar-refractivity contribution is 0.122. The maximum absolute atomic E-state index is 9.44. The minimum absolute atomic E-state index is 0.0957. The molecule has 2 atom stereocenters. The van der Waals surface area contributed by atoms with Crippen LogP contribution in [0.3, 0.4) is 0 Å². The number of rotatable bonds is 5. The molecule has 0 aromatic carbocycles. The van der Waals surface area contributed by atoms with Crippen LogP contribution in [0.5, 0.6) is 0 Å². The first-order valence-corrected chi connectivity index (χ1v) is 4.49. The number of aliphatic hydroxyl groups is 1. The lowest BCUT2D eigenvalue weighted by atomic mass is 10.1. The van der Waals surface area contributed by atoms with Crippen molar-refractivity contribution in [1.82, 2.24) is 5.32 Å². The number of nitrogens with one attached hydrogen (secondary N) is 1. The lowest BCUT2D eigenvalue weighted by Crippen LogP contribution is -2.36. The van der Waals surface area contributed by atoms with Crippen molar-refractivity contribution < 1.29 is 5.11 Å². The first-order valence-electron chi connectivity index (χ1n) is 4.49. The third kappa shape index (κ3) is 4.38. The molecule has 2 unspecified atom stereocenters. The summed E-state index contributed by atoms with van der Waals surface area (Å²) in [6.45, 7) is 6.59. The monoisotopic (exact) mass is 169 g/mol. The van der Waals surface area contributed by atoms with E-state index in [1.54, 1.807) is 0 Å². The van der Waals surface area contributed by atoms with Crippen molar-refractivity contribution in [3.63, 3.8) is 0 Å². The molecule has 0 radical (unpaired) electrons. The van der Waals surface area contributed by atoms with Crippen molar-refractivity contribution in [2.45, 2.75) is 39.3 Å². The fourth-order valence-corrected chi connectivity index (χ4v) is 0.820. The van der Waals surface area contributed by atoms with Crippen molar-refractivity contribution >= 4 is 0 Å². The molecule has 0 aliphatic carbocycles. The second-order valence-electron chi connectivity index (χ2n) is 3.35. The van der Waals surface area contributed by atoms with Crippen molar-refractivity contribution in [2.24, 2.45) is 5.92 Å². The summed E-state index contributed by atoms with van der Waals surface area (Å²) in [4.78, 5) is 0. The van der Waals surface area contributed by atoms with Gasteiger partial charge >= 0.3 is 0 Å². The summed E-state index contributed by atoms with van der Waals surface area (Å²) in [5, 5.41) is 12.5.